The van der Waals surface area contributed by atoms with Gasteiger partial charge in [0.15, 0.2) is 5.96 Å². The molecule has 7 nitrogen and oxygen atoms in total. The molecule has 2 saturated heterocycles. The van der Waals surface area contributed by atoms with Crippen molar-refractivity contribution in [2.24, 2.45) is 10.9 Å². The number of hydrogen-bond acceptors (Lipinski definition) is 4. The first kappa shape index (κ1) is 19.8. The molecule has 1 amide bonds. The van der Waals surface area contributed by atoms with E-state index in [9.17, 15) is 4.79 Å². The molecule has 0 aromatic heterocycles. The van der Waals surface area contributed by atoms with Crippen molar-refractivity contribution in [2.45, 2.75) is 52.2 Å². The zero-order valence-corrected chi connectivity index (χ0v) is 16.5. The van der Waals surface area contributed by atoms with E-state index >= 15 is 0 Å². The molecule has 1 unspecified atom stereocenters. The topological polar surface area (TPSA) is 69.2 Å². The average molecular weight is 354 g/mol. The van der Waals surface area contributed by atoms with Gasteiger partial charge >= 0.3 is 6.09 Å². The number of ether oxygens (including phenoxy) is 1. The van der Waals surface area contributed by atoms with Gasteiger partial charge in [-0.15, -0.1) is 0 Å². The Morgan fingerprint density at radius 3 is 2.60 bits per heavy atom. The van der Waals surface area contributed by atoms with Crippen LogP contribution in [0.4, 0.5) is 4.79 Å². The zero-order chi connectivity index (χ0) is 18.4. The largest absolute Gasteiger partial charge is 0.444 e. The summed E-state index contributed by atoms with van der Waals surface area (Å²) in [6.07, 6.45) is 2.27. The van der Waals surface area contributed by atoms with Crippen molar-refractivity contribution in [3.63, 3.8) is 0 Å². The molecule has 25 heavy (non-hydrogen) atoms. The summed E-state index contributed by atoms with van der Waals surface area (Å²) in [6.45, 7) is 13.1. The third-order valence-corrected chi connectivity index (χ3v) is 4.45. The highest BCUT2D eigenvalue weighted by molar-refractivity contribution is 5.80. The van der Waals surface area contributed by atoms with Crippen molar-refractivity contribution in [3.05, 3.63) is 0 Å². The molecule has 1 atom stereocenters. The van der Waals surface area contributed by atoms with Gasteiger partial charge < -0.3 is 25.2 Å². The second-order valence-corrected chi connectivity index (χ2v) is 8.22. The maximum atomic E-state index is 12.0. The van der Waals surface area contributed by atoms with Crippen LogP contribution in [-0.4, -0.2) is 79.8 Å². The average Bonchev–Trinajstić information content (AvgIpc) is 2.46. The highest BCUT2D eigenvalue weighted by Crippen LogP contribution is 2.16. The molecule has 0 bridgehead atoms. The van der Waals surface area contributed by atoms with Crippen LogP contribution in [0.2, 0.25) is 0 Å². The van der Waals surface area contributed by atoms with Gasteiger partial charge in [-0.3, -0.25) is 4.99 Å². The molecule has 2 aliphatic heterocycles. The maximum Gasteiger partial charge on any atom is 0.410 e. The van der Waals surface area contributed by atoms with Crippen LogP contribution in [0.1, 0.15) is 40.5 Å². The third kappa shape index (κ3) is 6.72. The number of carbonyl (C=O) groups excluding carboxylic acids is 1. The lowest BCUT2D eigenvalue weighted by Gasteiger charge is -2.40. The lowest BCUT2D eigenvalue weighted by molar-refractivity contribution is 0.00700. The van der Waals surface area contributed by atoms with Crippen LogP contribution in [0.15, 0.2) is 4.99 Å². The van der Waals surface area contributed by atoms with Gasteiger partial charge in [-0.1, -0.05) is 0 Å². The predicted octanol–water partition coefficient (Wildman–Crippen LogP) is 1.50. The smallest absolute Gasteiger partial charge is 0.410 e. The summed E-state index contributed by atoms with van der Waals surface area (Å²) in [5.74, 6) is 1.48. The van der Waals surface area contributed by atoms with Crippen molar-refractivity contribution in [2.75, 3.05) is 46.3 Å². The van der Waals surface area contributed by atoms with Crippen LogP contribution in [0.3, 0.4) is 0 Å². The summed E-state index contributed by atoms with van der Waals surface area (Å²) >= 11 is 0. The van der Waals surface area contributed by atoms with E-state index in [-0.39, 0.29) is 12.1 Å². The van der Waals surface area contributed by atoms with Crippen molar-refractivity contribution in [3.8, 4) is 0 Å². The standard InChI is InChI=1S/C18H35N5O2/c1-6-19-16(20-10-14-8-7-9-22(5)11-14)21-15-12-23(13-15)17(24)25-18(2,3)4/h14-15H,6-13H2,1-5H3,(H2,19,20,21). The molecule has 0 saturated carbocycles. The Labute approximate surface area is 152 Å². The predicted molar refractivity (Wildman–Crippen MR) is 101 cm³/mol. The first-order chi connectivity index (χ1) is 11.8. The van der Waals surface area contributed by atoms with E-state index in [1.807, 2.05) is 20.8 Å². The van der Waals surface area contributed by atoms with E-state index < -0.39 is 5.60 Å². The fraction of sp³-hybridized carbons (Fsp3) is 0.889. The van der Waals surface area contributed by atoms with Crippen LogP contribution in [0.25, 0.3) is 0 Å². The van der Waals surface area contributed by atoms with Crippen LogP contribution in [-0.2, 0) is 4.74 Å². The quantitative estimate of drug-likeness (QED) is 0.592. The van der Waals surface area contributed by atoms with E-state index in [0.717, 1.165) is 25.6 Å². The maximum absolute atomic E-state index is 12.0. The van der Waals surface area contributed by atoms with Crippen molar-refractivity contribution in [1.82, 2.24) is 20.4 Å². The summed E-state index contributed by atoms with van der Waals surface area (Å²) in [7, 11) is 2.18. The molecular weight excluding hydrogens is 318 g/mol. The molecule has 2 aliphatic rings. The van der Waals surface area contributed by atoms with Crippen molar-refractivity contribution in [1.29, 1.82) is 0 Å². The number of nitrogens with zero attached hydrogens (tertiary/aromatic N) is 3. The first-order valence-corrected chi connectivity index (χ1v) is 9.48. The molecule has 7 heteroatoms. The second-order valence-electron chi connectivity index (χ2n) is 8.22. The number of carbonyl (C=O) groups is 1. The van der Waals surface area contributed by atoms with Crippen LogP contribution < -0.4 is 10.6 Å². The highest BCUT2D eigenvalue weighted by Gasteiger charge is 2.34. The van der Waals surface area contributed by atoms with Gasteiger partial charge in [0, 0.05) is 32.7 Å². The number of nitrogens with one attached hydrogen (secondary N) is 2. The summed E-state index contributed by atoms with van der Waals surface area (Å²) in [4.78, 5) is 20.9. The zero-order valence-electron chi connectivity index (χ0n) is 16.5. The molecule has 0 aromatic rings. The van der Waals surface area contributed by atoms with E-state index in [0.29, 0.717) is 19.0 Å². The summed E-state index contributed by atoms with van der Waals surface area (Å²) in [6, 6.07) is 0.236. The van der Waals surface area contributed by atoms with Gasteiger partial charge in [0.05, 0.1) is 6.04 Å². The van der Waals surface area contributed by atoms with Gasteiger partial charge in [0.2, 0.25) is 0 Å². The van der Waals surface area contributed by atoms with Gasteiger partial charge in [-0.25, -0.2) is 4.79 Å². The minimum atomic E-state index is -0.445. The SMILES string of the molecule is CCNC(=NCC1CCCN(C)C1)NC1CN(C(=O)OC(C)(C)C)C1. The van der Waals surface area contributed by atoms with E-state index in [2.05, 4.69) is 29.5 Å². The number of hydrogen-bond donors (Lipinski definition) is 2. The Kier molecular flexibility index (Phi) is 6.93. The van der Waals surface area contributed by atoms with E-state index in [1.165, 1.54) is 19.4 Å². The molecule has 2 rings (SSSR count). The Morgan fingerprint density at radius 1 is 1.28 bits per heavy atom. The van der Waals surface area contributed by atoms with Gasteiger partial charge in [0.1, 0.15) is 5.60 Å². The van der Waals surface area contributed by atoms with Crippen LogP contribution >= 0.6 is 0 Å². The molecule has 0 aliphatic carbocycles. The van der Waals surface area contributed by atoms with Crippen molar-refractivity contribution >= 4 is 12.1 Å². The molecule has 0 spiro atoms. The number of piperidine rings is 1. The molecular formula is C18H35N5O2. The van der Waals surface area contributed by atoms with Crippen molar-refractivity contribution < 1.29 is 9.53 Å². The number of aliphatic imine (C=N–C) groups is 1. The molecule has 0 radical (unpaired) electrons. The summed E-state index contributed by atoms with van der Waals surface area (Å²) < 4.78 is 5.39. The normalized spacial score (nSPS) is 23.2. The molecule has 2 heterocycles. The van der Waals surface area contributed by atoms with Gasteiger partial charge in [-0.2, -0.15) is 0 Å². The Morgan fingerprint density at radius 2 is 2.00 bits per heavy atom. The monoisotopic (exact) mass is 353 g/mol. The molecule has 0 aromatic carbocycles. The minimum absolute atomic E-state index is 0.236. The van der Waals surface area contributed by atoms with E-state index in [1.54, 1.807) is 4.90 Å². The van der Waals surface area contributed by atoms with Gasteiger partial charge in [-0.05, 0) is 60.0 Å². The van der Waals surface area contributed by atoms with Crippen LogP contribution in [0.5, 0.6) is 0 Å². The molecule has 2 N–H and O–H groups in total. The fourth-order valence-electron chi connectivity index (χ4n) is 3.20. The summed E-state index contributed by atoms with van der Waals surface area (Å²) in [5, 5.41) is 6.73. The Balaban J connectivity index is 1.76. The third-order valence-electron chi connectivity index (χ3n) is 4.45. The number of amides is 1. The molecule has 144 valence electrons. The van der Waals surface area contributed by atoms with Crippen LogP contribution in [0, 0.1) is 5.92 Å². The lowest BCUT2D eigenvalue weighted by Crippen LogP contribution is -2.63. The highest BCUT2D eigenvalue weighted by atomic mass is 16.6. The molecule has 2 fully saturated rings. The van der Waals surface area contributed by atoms with Gasteiger partial charge in [0.25, 0.3) is 0 Å². The van der Waals surface area contributed by atoms with E-state index in [4.69, 9.17) is 9.73 Å². The first-order valence-electron chi connectivity index (χ1n) is 9.48. The Hall–Kier alpha value is -1.50. The number of rotatable bonds is 4. The minimum Gasteiger partial charge on any atom is -0.444 e. The number of likely N-dealkylation sites (tertiary alicyclic amines) is 2. The number of guanidine groups is 1. The summed E-state index contributed by atoms with van der Waals surface area (Å²) in [5.41, 5.74) is -0.445. The second kappa shape index (κ2) is 8.74. The lowest BCUT2D eigenvalue weighted by atomic mass is 9.99. The Bertz CT molecular complexity index is 469. The fourth-order valence-corrected chi connectivity index (χ4v) is 3.20.